The number of nitrogens with one attached hydrogen (secondary N) is 1. The maximum atomic E-state index is 11.6. The average Bonchev–Trinajstić information content (AvgIpc) is 2.39. The van der Waals surface area contributed by atoms with Crippen LogP contribution in [0.15, 0.2) is 16.0 Å². The minimum absolute atomic E-state index is 0.0450. The molecule has 0 spiro atoms. The van der Waals surface area contributed by atoms with Crippen LogP contribution in [-0.4, -0.2) is 27.8 Å². The highest BCUT2D eigenvalue weighted by atomic mass is 32.2. The molecule has 0 aliphatic rings. The van der Waals surface area contributed by atoms with Crippen molar-refractivity contribution in [1.29, 1.82) is 0 Å². The lowest BCUT2D eigenvalue weighted by atomic mass is 10.1. The van der Waals surface area contributed by atoms with Crippen LogP contribution in [0, 0.1) is 12.8 Å². The van der Waals surface area contributed by atoms with Crippen molar-refractivity contribution in [1.82, 2.24) is 14.9 Å². The summed E-state index contributed by atoms with van der Waals surface area (Å²) >= 11 is 1.52. The molecule has 1 N–H and O–H groups in total. The summed E-state index contributed by atoms with van der Waals surface area (Å²) in [6.07, 6.45) is 2.31. The van der Waals surface area contributed by atoms with E-state index in [4.69, 9.17) is 0 Å². The molecule has 0 aliphatic heterocycles. The number of aromatic nitrogens is 2. The monoisotopic (exact) mass is 311 g/mol. The average molecular weight is 311 g/mol. The fourth-order valence-electron chi connectivity index (χ4n) is 1.74. The van der Waals surface area contributed by atoms with Crippen LogP contribution in [0.2, 0.25) is 0 Å². The predicted molar refractivity (Wildman–Crippen MR) is 86.6 cm³/mol. The van der Waals surface area contributed by atoms with Gasteiger partial charge in [-0.15, -0.1) is 0 Å². The van der Waals surface area contributed by atoms with Crippen LogP contribution < -0.4 is 10.9 Å². The van der Waals surface area contributed by atoms with Crippen molar-refractivity contribution in [2.45, 2.75) is 45.2 Å². The third-order valence-corrected chi connectivity index (χ3v) is 4.16. The molecule has 0 saturated carbocycles. The van der Waals surface area contributed by atoms with Crippen molar-refractivity contribution in [3.05, 3.63) is 22.1 Å². The second-order valence-corrected chi connectivity index (χ2v) is 6.62. The number of hydrogen-bond acceptors (Lipinski definition) is 4. The first-order chi connectivity index (χ1) is 9.90. The normalized spacial score (nSPS) is 10.9. The highest BCUT2D eigenvalue weighted by Gasteiger charge is 2.06. The number of thioether (sulfide) groups is 1. The van der Waals surface area contributed by atoms with Crippen LogP contribution in [-0.2, 0) is 11.8 Å². The molecular formula is C15H25N3O2S. The quantitative estimate of drug-likeness (QED) is 0.454. The molecule has 1 amide bonds. The van der Waals surface area contributed by atoms with E-state index >= 15 is 0 Å². The first-order valence-electron chi connectivity index (χ1n) is 7.34. The lowest BCUT2D eigenvalue weighted by molar-refractivity contribution is -0.121. The SMILES string of the molecule is Cc1cc(=O)n(C)c(SCCCC(=O)NCCC(C)C)n1. The summed E-state index contributed by atoms with van der Waals surface area (Å²) in [6.45, 7) is 6.84. The molecule has 1 rings (SSSR count). The number of carbonyl (C=O) groups is 1. The van der Waals surface area contributed by atoms with Crippen LogP contribution in [0.5, 0.6) is 0 Å². The molecule has 0 aromatic carbocycles. The summed E-state index contributed by atoms with van der Waals surface area (Å²) in [6, 6.07) is 1.52. The Balaban J connectivity index is 2.28. The summed E-state index contributed by atoms with van der Waals surface area (Å²) in [4.78, 5) is 27.6. The van der Waals surface area contributed by atoms with Crippen LogP contribution in [0.4, 0.5) is 0 Å². The summed E-state index contributed by atoms with van der Waals surface area (Å²) in [5, 5.41) is 3.63. The molecular weight excluding hydrogens is 286 g/mol. The number of amides is 1. The largest absolute Gasteiger partial charge is 0.356 e. The highest BCUT2D eigenvalue weighted by Crippen LogP contribution is 2.15. The molecule has 6 heteroatoms. The Kier molecular flexibility index (Phi) is 7.50. The maximum Gasteiger partial charge on any atom is 0.254 e. The first kappa shape index (κ1) is 17.8. The molecule has 0 unspecified atom stereocenters. The predicted octanol–water partition coefficient (Wildman–Crippen LogP) is 2.12. The topological polar surface area (TPSA) is 64.0 Å². The van der Waals surface area contributed by atoms with Gasteiger partial charge in [-0.25, -0.2) is 4.98 Å². The van der Waals surface area contributed by atoms with Gasteiger partial charge < -0.3 is 5.32 Å². The fraction of sp³-hybridized carbons (Fsp3) is 0.667. The molecule has 0 fully saturated rings. The van der Waals surface area contributed by atoms with Gasteiger partial charge in [0.2, 0.25) is 5.91 Å². The van der Waals surface area contributed by atoms with Crippen LogP contribution >= 0.6 is 11.8 Å². The van der Waals surface area contributed by atoms with Gasteiger partial charge in [0.05, 0.1) is 0 Å². The number of aryl methyl sites for hydroxylation is 1. The van der Waals surface area contributed by atoms with E-state index in [0.717, 1.165) is 30.8 Å². The van der Waals surface area contributed by atoms with E-state index in [1.54, 1.807) is 11.6 Å². The van der Waals surface area contributed by atoms with Gasteiger partial charge >= 0.3 is 0 Å². The zero-order chi connectivity index (χ0) is 15.8. The maximum absolute atomic E-state index is 11.6. The Morgan fingerprint density at radius 2 is 2.19 bits per heavy atom. The molecule has 0 bridgehead atoms. The van der Waals surface area contributed by atoms with Gasteiger partial charge in [0, 0.05) is 37.5 Å². The van der Waals surface area contributed by atoms with Gasteiger partial charge in [0.1, 0.15) is 0 Å². The summed E-state index contributed by atoms with van der Waals surface area (Å²) in [5.41, 5.74) is 0.684. The summed E-state index contributed by atoms with van der Waals surface area (Å²) in [5.74, 6) is 1.48. The number of rotatable bonds is 8. The van der Waals surface area contributed by atoms with E-state index in [0.29, 0.717) is 17.5 Å². The van der Waals surface area contributed by atoms with Crippen LogP contribution in [0.3, 0.4) is 0 Å². The van der Waals surface area contributed by atoms with E-state index in [1.165, 1.54) is 17.8 Å². The first-order valence-corrected chi connectivity index (χ1v) is 8.33. The minimum Gasteiger partial charge on any atom is -0.356 e. The van der Waals surface area contributed by atoms with E-state index in [2.05, 4.69) is 24.1 Å². The van der Waals surface area contributed by atoms with Gasteiger partial charge in [-0.1, -0.05) is 25.6 Å². The van der Waals surface area contributed by atoms with Crippen molar-refractivity contribution in [2.24, 2.45) is 13.0 Å². The van der Waals surface area contributed by atoms with Crippen LogP contribution in [0.25, 0.3) is 0 Å². The Hall–Kier alpha value is -1.30. The second-order valence-electron chi connectivity index (χ2n) is 5.56. The third-order valence-electron chi connectivity index (χ3n) is 3.05. The zero-order valence-corrected chi connectivity index (χ0v) is 14.1. The van der Waals surface area contributed by atoms with E-state index in [1.807, 2.05) is 6.92 Å². The molecule has 0 saturated heterocycles. The number of carbonyl (C=O) groups excluding carboxylic acids is 1. The zero-order valence-electron chi connectivity index (χ0n) is 13.3. The standard InChI is InChI=1S/C15H25N3O2S/c1-11(2)7-8-16-13(19)6-5-9-21-15-17-12(3)10-14(20)18(15)4/h10-11H,5-9H2,1-4H3,(H,16,19). The Morgan fingerprint density at radius 3 is 2.86 bits per heavy atom. The smallest absolute Gasteiger partial charge is 0.254 e. The molecule has 0 radical (unpaired) electrons. The summed E-state index contributed by atoms with van der Waals surface area (Å²) < 4.78 is 1.54. The summed E-state index contributed by atoms with van der Waals surface area (Å²) in [7, 11) is 1.72. The second kappa shape index (κ2) is 8.87. The van der Waals surface area contributed by atoms with Crippen molar-refractivity contribution in [3.8, 4) is 0 Å². The molecule has 1 aromatic heterocycles. The Labute approximate surface area is 130 Å². The molecule has 0 aliphatic carbocycles. The van der Waals surface area contributed by atoms with Crippen molar-refractivity contribution in [2.75, 3.05) is 12.3 Å². The van der Waals surface area contributed by atoms with Crippen molar-refractivity contribution >= 4 is 17.7 Å². The minimum atomic E-state index is -0.0450. The van der Waals surface area contributed by atoms with Gasteiger partial charge in [0.25, 0.3) is 5.56 Å². The molecule has 0 atom stereocenters. The molecule has 5 nitrogen and oxygen atoms in total. The Bertz CT molecular complexity index is 526. The number of hydrogen-bond donors (Lipinski definition) is 1. The molecule has 1 heterocycles. The van der Waals surface area contributed by atoms with Crippen molar-refractivity contribution < 1.29 is 4.79 Å². The van der Waals surface area contributed by atoms with Gasteiger partial charge in [0.15, 0.2) is 5.16 Å². The van der Waals surface area contributed by atoms with E-state index in [9.17, 15) is 9.59 Å². The van der Waals surface area contributed by atoms with Gasteiger partial charge in [-0.3, -0.25) is 14.2 Å². The van der Waals surface area contributed by atoms with E-state index < -0.39 is 0 Å². The molecule has 118 valence electrons. The lowest BCUT2D eigenvalue weighted by Crippen LogP contribution is -2.25. The van der Waals surface area contributed by atoms with Gasteiger partial charge in [-0.05, 0) is 25.7 Å². The highest BCUT2D eigenvalue weighted by molar-refractivity contribution is 7.99. The number of nitrogens with zero attached hydrogens (tertiary/aromatic N) is 2. The Morgan fingerprint density at radius 1 is 1.48 bits per heavy atom. The molecule has 1 aromatic rings. The molecule has 21 heavy (non-hydrogen) atoms. The van der Waals surface area contributed by atoms with Crippen LogP contribution in [0.1, 0.15) is 38.8 Å². The van der Waals surface area contributed by atoms with Gasteiger partial charge in [-0.2, -0.15) is 0 Å². The fourth-order valence-corrected chi connectivity index (χ4v) is 2.71. The van der Waals surface area contributed by atoms with Crippen molar-refractivity contribution in [3.63, 3.8) is 0 Å². The lowest BCUT2D eigenvalue weighted by Gasteiger charge is -2.08. The third kappa shape index (κ3) is 6.80. The van der Waals surface area contributed by atoms with E-state index in [-0.39, 0.29) is 11.5 Å².